The van der Waals surface area contributed by atoms with Gasteiger partial charge in [-0.2, -0.15) is 13.2 Å². The maximum absolute atomic E-state index is 14.5. The number of urea groups is 1. The SMILES string of the molecule is CC(C)c1cc(C(C)C2(C(C)c3ccnc(C(C)C)c3)NC(=O)N(c3ccc(S(=O)(=O)C(F)(F)F)cc3)C2=O)ccn1. The number of pyridine rings is 2. The van der Waals surface area contributed by atoms with E-state index in [1.807, 2.05) is 53.7 Å². The fourth-order valence-corrected chi connectivity index (χ4v) is 6.06. The van der Waals surface area contributed by atoms with E-state index >= 15 is 0 Å². The number of nitrogens with one attached hydrogen (secondary N) is 1. The number of anilines is 1. The van der Waals surface area contributed by atoms with Crippen molar-refractivity contribution in [3.8, 4) is 0 Å². The maximum atomic E-state index is 14.5. The second-order valence-electron chi connectivity index (χ2n) is 11.2. The van der Waals surface area contributed by atoms with Crippen LogP contribution in [0, 0.1) is 0 Å². The highest BCUT2D eigenvalue weighted by molar-refractivity contribution is 7.92. The molecule has 42 heavy (non-hydrogen) atoms. The first-order valence-corrected chi connectivity index (χ1v) is 15.0. The molecule has 3 heterocycles. The second kappa shape index (κ2) is 11.1. The zero-order valence-corrected chi connectivity index (χ0v) is 24.9. The number of carbonyl (C=O) groups excluding carboxylic acids is 2. The highest BCUT2D eigenvalue weighted by Gasteiger charge is 2.59. The number of imide groups is 1. The molecule has 0 aliphatic carbocycles. The van der Waals surface area contributed by atoms with Crippen LogP contribution in [0.15, 0.2) is 65.8 Å². The molecule has 2 unspecified atom stereocenters. The van der Waals surface area contributed by atoms with Gasteiger partial charge < -0.3 is 5.32 Å². The molecule has 4 rings (SSSR count). The predicted molar refractivity (Wildman–Crippen MR) is 152 cm³/mol. The van der Waals surface area contributed by atoms with E-state index in [-0.39, 0.29) is 17.5 Å². The third-order valence-corrected chi connectivity index (χ3v) is 9.45. The minimum atomic E-state index is -5.60. The number of hydrogen-bond acceptors (Lipinski definition) is 6. The third kappa shape index (κ3) is 5.28. The summed E-state index contributed by atoms with van der Waals surface area (Å²) in [7, 11) is -5.60. The largest absolute Gasteiger partial charge is 0.501 e. The summed E-state index contributed by atoms with van der Waals surface area (Å²) in [5.74, 6) is -1.55. The van der Waals surface area contributed by atoms with E-state index in [2.05, 4.69) is 15.3 Å². The summed E-state index contributed by atoms with van der Waals surface area (Å²) in [5.41, 5.74) is -3.92. The Kier molecular flexibility index (Phi) is 8.25. The predicted octanol–water partition coefficient (Wildman–Crippen LogP) is 6.42. The fraction of sp³-hybridized carbons (Fsp3) is 0.400. The van der Waals surface area contributed by atoms with Crippen LogP contribution >= 0.6 is 0 Å². The summed E-state index contributed by atoms with van der Waals surface area (Å²) in [6.07, 6.45) is 3.31. The Hall–Kier alpha value is -3.80. The zero-order chi connectivity index (χ0) is 31.2. The number of nitrogens with zero attached hydrogens (tertiary/aromatic N) is 3. The molecule has 0 saturated carbocycles. The van der Waals surface area contributed by atoms with Crippen LogP contribution in [0.5, 0.6) is 0 Å². The molecule has 2 atom stereocenters. The van der Waals surface area contributed by atoms with Crippen LogP contribution in [-0.2, 0) is 14.6 Å². The number of benzene rings is 1. The molecular weight excluding hydrogens is 569 g/mol. The Morgan fingerprint density at radius 2 is 1.24 bits per heavy atom. The quantitative estimate of drug-likeness (QED) is 0.298. The zero-order valence-electron chi connectivity index (χ0n) is 24.1. The molecule has 1 aliphatic rings. The van der Waals surface area contributed by atoms with E-state index in [0.717, 1.165) is 51.7 Å². The summed E-state index contributed by atoms with van der Waals surface area (Å²) in [5, 5.41) is 2.93. The molecule has 3 aromatic rings. The number of hydrogen-bond donors (Lipinski definition) is 1. The van der Waals surface area contributed by atoms with Crippen LogP contribution in [0.3, 0.4) is 0 Å². The highest BCUT2D eigenvalue weighted by Crippen LogP contribution is 2.45. The average molecular weight is 603 g/mol. The monoisotopic (exact) mass is 602 g/mol. The summed E-state index contributed by atoms with van der Waals surface area (Å²) in [6.45, 7) is 11.6. The number of sulfone groups is 1. The van der Waals surface area contributed by atoms with Crippen molar-refractivity contribution < 1.29 is 31.2 Å². The van der Waals surface area contributed by atoms with E-state index in [4.69, 9.17) is 0 Å². The van der Waals surface area contributed by atoms with Gasteiger partial charge in [0.05, 0.1) is 10.6 Å². The van der Waals surface area contributed by atoms with Crippen LogP contribution in [0.4, 0.5) is 23.7 Å². The number of halogens is 3. The lowest BCUT2D eigenvalue weighted by atomic mass is 9.69. The van der Waals surface area contributed by atoms with Crippen LogP contribution in [-0.4, -0.2) is 41.4 Å². The van der Waals surface area contributed by atoms with Crippen LogP contribution in [0.2, 0.25) is 0 Å². The van der Waals surface area contributed by atoms with Crippen molar-refractivity contribution in [3.05, 3.63) is 83.4 Å². The normalized spacial score (nSPS) is 19.4. The van der Waals surface area contributed by atoms with Crippen molar-refractivity contribution in [3.63, 3.8) is 0 Å². The van der Waals surface area contributed by atoms with Gasteiger partial charge in [0, 0.05) is 35.6 Å². The van der Waals surface area contributed by atoms with Crippen LogP contribution in [0.1, 0.15) is 87.7 Å². The average Bonchev–Trinajstić information content (AvgIpc) is 3.22. The summed E-state index contributed by atoms with van der Waals surface area (Å²) in [6, 6.07) is 10.1. The van der Waals surface area contributed by atoms with Gasteiger partial charge >= 0.3 is 11.5 Å². The van der Waals surface area contributed by atoms with Crippen molar-refractivity contribution in [2.24, 2.45) is 0 Å². The van der Waals surface area contributed by atoms with Gasteiger partial charge in [-0.25, -0.2) is 18.1 Å². The topological polar surface area (TPSA) is 109 Å². The Morgan fingerprint density at radius 1 is 0.786 bits per heavy atom. The smallest absolute Gasteiger partial charge is 0.322 e. The van der Waals surface area contributed by atoms with Gasteiger partial charge in [-0.1, -0.05) is 41.5 Å². The van der Waals surface area contributed by atoms with Gasteiger partial charge in [0.2, 0.25) is 0 Å². The first-order valence-electron chi connectivity index (χ1n) is 13.5. The van der Waals surface area contributed by atoms with E-state index in [1.54, 1.807) is 24.5 Å². The maximum Gasteiger partial charge on any atom is 0.501 e. The molecule has 2 aromatic heterocycles. The first-order chi connectivity index (χ1) is 19.5. The highest BCUT2D eigenvalue weighted by atomic mass is 32.2. The van der Waals surface area contributed by atoms with E-state index in [1.165, 1.54) is 0 Å². The molecule has 1 fully saturated rings. The number of alkyl halides is 3. The summed E-state index contributed by atoms with van der Waals surface area (Å²) >= 11 is 0. The molecule has 1 N–H and O–H groups in total. The van der Waals surface area contributed by atoms with Crippen molar-refractivity contribution >= 4 is 27.5 Å². The van der Waals surface area contributed by atoms with E-state index < -0.39 is 49.6 Å². The Labute approximate surface area is 243 Å². The Morgan fingerprint density at radius 3 is 1.64 bits per heavy atom. The third-order valence-electron chi connectivity index (χ3n) is 7.94. The summed E-state index contributed by atoms with van der Waals surface area (Å²) < 4.78 is 63.0. The molecule has 1 aromatic carbocycles. The molecule has 3 amide bonds. The number of amides is 3. The van der Waals surface area contributed by atoms with Gasteiger partial charge in [0.1, 0.15) is 5.54 Å². The Balaban J connectivity index is 1.85. The number of rotatable bonds is 8. The van der Waals surface area contributed by atoms with Crippen molar-refractivity contribution in [1.29, 1.82) is 0 Å². The molecule has 12 heteroatoms. The molecule has 1 aliphatic heterocycles. The minimum absolute atomic E-state index is 0.0601. The lowest BCUT2D eigenvalue weighted by molar-refractivity contribution is -0.123. The number of aromatic nitrogens is 2. The molecule has 1 saturated heterocycles. The van der Waals surface area contributed by atoms with Crippen LogP contribution < -0.4 is 10.2 Å². The molecule has 0 bridgehead atoms. The van der Waals surface area contributed by atoms with Crippen molar-refractivity contribution in [2.75, 3.05) is 4.90 Å². The van der Waals surface area contributed by atoms with Gasteiger partial charge in [0.25, 0.3) is 15.7 Å². The van der Waals surface area contributed by atoms with Crippen LogP contribution in [0.25, 0.3) is 0 Å². The summed E-state index contributed by atoms with van der Waals surface area (Å²) in [4.78, 5) is 36.7. The van der Waals surface area contributed by atoms with Gasteiger partial charge in [0.15, 0.2) is 0 Å². The van der Waals surface area contributed by atoms with Gasteiger partial charge in [-0.05, 0) is 71.5 Å². The first kappa shape index (κ1) is 31.1. The van der Waals surface area contributed by atoms with Crippen molar-refractivity contribution in [1.82, 2.24) is 15.3 Å². The van der Waals surface area contributed by atoms with Crippen molar-refractivity contribution in [2.45, 2.75) is 81.2 Å². The standard InChI is InChI=1S/C30H33F3N4O4S/c1-17(2)25-15-21(11-13-34-25)19(5)29(20(6)22-12-14-35-26(16-22)18(3)4)27(38)37(28(39)36-29)23-7-9-24(10-8-23)42(40,41)30(31,32)33/h7-20H,1-6H3,(H,36,39). The lowest BCUT2D eigenvalue weighted by Gasteiger charge is -2.39. The number of carbonyl (C=O) groups is 2. The van der Waals surface area contributed by atoms with Gasteiger partial charge in [-0.15, -0.1) is 0 Å². The molecule has 0 spiro atoms. The molecule has 224 valence electrons. The van der Waals surface area contributed by atoms with E-state index in [0.29, 0.717) is 0 Å². The molecular formula is C30H33F3N4O4S. The van der Waals surface area contributed by atoms with Gasteiger partial charge in [-0.3, -0.25) is 14.8 Å². The fourth-order valence-electron chi connectivity index (χ4n) is 5.29. The second-order valence-corrected chi connectivity index (χ2v) is 13.1. The lowest BCUT2D eigenvalue weighted by Crippen LogP contribution is -2.55. The molecule has 8 nitrogen and oxygen atoms in total. The van der Waals surface area contributed by atoms with E-state index in [9.17, 15) is 31.2 Å². The minimum Gasteiger partial charge on any atom is -0.322 e. The Bertz CT molecular complexity index is 1550. The molecule has 0 radical (unpaired) electrons.